The summed E-state index contributed by atoms with van der Waals surface area (Å²) in [7, 11) is 2.97. The number of rotatable bonds is 4. The molecular weight excluding hydrogens is 426 g/mol. The summed E-state index contributed by atoms with van der Waals surface area (Å²) in [6.45, 7) is 0. The predicted molar refractivity (Wildman–Crippen MR) is 117 cm³/mol. The summed E-state index contributed by atoms with van der Waals surface area (Å²) in [6.07, 6.45) is 1.35. The average Bonchev–Trinajstić information content (AvgIpc) is 3.19. The summed E-state index contributed by atoms with van der Waals surface area (Å²) in [5.41, 5.74) is 1.42. The normalized spacial score (nSPS) is 11.0. The fourth-order valence-corrected chi connectivity index (χ4v) is 3.98. The molecular formula is C20H16ClN5O3S. The highest BCUT2D eigenvalue weighted by molar-refractivity contribution is 7.14. The number of nitrogens with one attached hydrogen (secondary N) is 1. The molecule has 0 bridgehead atoms. The van der Waals surface area contributed by atoms with E-state index in [1.165, 1.54) is 29.1 Å². The zero-order valence-corrected chi connectivity index (χ0v) is 17.6. The Morgan fingerprint density at radius 1 is 1.13 bits per heavy atom. The maximum atomic E-state index is 12.6. The van der Waals surface area contributed by atoms with Gasteiger partial charge in [0, 0.05) is 36.3 Å². The third-order valence-corrected chi connectivity index (χ3v) is 5.69. The molecule has 4 aromatic rings. The second-order valence-corrected chi connectivity index (χ2v) is 7.92. The van der Waals surface area contributed by atoms with Crippen molar-refractivity contribution in [3.63, 3.8) is 0 Å². The van der Waals surface area contributed by atoms with Crippen molar-refractivity contribution < 1.29 is 4.79 Å². The van der Waals surface area contributed by atoms with Gasteiger partial charge in [0.25, 0.3) is 5.56 Å². The number of aryl methyl sites for hydroxylation is 1. The maximum Gasteiger partial charge on any atom is 0.330 e. The van der Waals surface area contributed by atoms with Crippen molar-refractivity contribution in [1.29, 1.82) is 0 Å². The lowest BCUT2D eigenvalue weighted by molar-refractivity contribution is -0.115. The van der Waals surface area contributed by atoms with Gasteiger partial charge >= 0.3 is 5.69 Å². The minimum absolute atomic E-state index is 0.124. The van der Waals surface area contributed by atoms with Gasteiger partial charge in [-0.3, -0.25) is 23.7 Å². The van der Waals surface area contributed by atoms with Crippen LogP contribution in [0.1, 0.15) is 5.69 Å². The number of pyridine rings is 1. The molecule has 1 N–H and O–H groups in total. The number of benzene rings is 1. The van der Waals surface area contributed by atoms with Crippen LogP contribution in [-0.4, -0.2) is 25.0 Å². The van der Waals surface area contributed by atoms with Gasteiger partial charge in [0.1, 0.15) is 0 Å². The second kappa shape index (κ2) is 7.85. The topological polar surface area (TPSA) is 98.9 Å². The Morgan fingerprint density at radius 2 is 1.87 bits per heavy atom. The molecule has 3 aromatic heterocycles. The Morgan fingerprint density at radius 3 is 2.60 bits per heavy atom. The molecule has 0 atom stereocenters. The maximum absolute atomic E-state index is 12.6. The average molecular weight is 442 g/mol. The first-order valence-corrected chi connectivity index (χ1v) is 10.2. The summed E-state index contributed by atoms with van der Waals surface area (Å²) in [5, 5.41) is 5.89. The molecule has 10 heteroatoms. The van der Waals surface area contributed by atoms with Gasteiger partial charge in [0.2, 0.25) is 5.91 Å². The largest absolute Gasteiger partial charge is 0.330 e. The molecule has 3 heterocycles. The van der Waals surface area contributed by atoms with Gasteiger partial charge < -0.3 is 5.32 Å². The zero-order chi connectivity index (χ0) is 21.4. The number of fused-ring (bicyclic) bond motifs is 1. The summed E-state index contributed by atoms with van der Waals surface area (Å²) >= 11 is 7.20. The van der Waals surface area contributed by atoms with E-state index in [0.717, 1.165) is 15.8 Å². The quantitative estimate of drug-likeness (QED) is 0.524. The smallest absolute Gasteiger partial charge is 0.302 e. The number of hydrogen-bond acceptors (Lipinski definition) is 6. The number of hydrogen-bond donors (Lipinski definition) is 1. The van der Waals surface area contributed by atoms with Gasteiger partial charge in [0.15, 0.2) is 5.13 Å². The molecule has 30 heavy (non-hydrogen) atoms. The highest BCUT2D eigenvalue weighted by atomic mass is 35.5. The molecule has 0 saturated carbocycles. The third-order valence-electron chi connectivity index (χ3n) is 4.68. The van der Waals surface area contributed by atoms with Crippen LogP contribution >= 0.6 is 22.9 Å². The van der Waals surface area contributed by atoms with Crippen LogP contribution in [0.5, 0.6) is 0 Å². The molecule has 0 aliphatic carbocycles. The number of halogens is 1. The summed E-state index contributed by atoms with van der Waals surface area (Å²) in [6, 6.07) is 8.83. The summed E-state index contributed by atoms with van der Waals surface area (Å²) < 4.78 is 2.36. The van der Waals surface area contributed by atoms with Crippen LogP contribution in [-0.2, 0) is 25.3 Å². The molecule has 152 valence electrons. The van der Waals surface area contributed by atoms with Crippen molar-refractivity contribution in [2.45, 2.75) is 6.42 Å². The van der Waals surface area contributed by atoms with E-state index in [1.54, 1.807) is 25.2 Å². The van der Waals surface area contributed by atoms with Crippen LogP contribution in [0.25, 0.3) is 22.2 Å². The Balaban J connectivity index is 1.60. The van der Waals surface area contributed by atoms with Gasteiger partial charge in [-0.05, 0) is 18.2 Å². The lowest BCUT2D eigenvalue weighted by Crippen LogP contribution is -2.37. The second-order valence-electron chi connectivity index (χ2n) is 6.63. The van der Waals surface area contributed by atoms with Gasteiger partial charge in [-0.1, -0.05) is 23.7 Å². The van der Waals surface area contributed by atoms with E-state index >= 15 is 0 Å². The van der Waals surface area contributed by atoms with Crippen LogP contribution < -0.4 is 16.6 Å². The van der Waals surface area contributed by atoms with E-state index < -0.39 is 11.2 Å². The van der Waals surface area contributed by atoms with Crippen molar-refractivity contribution in [2.75, 3.05) is 5.32 Å². The molecule has 4 rings (SSSR count). The molecule has 0 spiro atoms. The Bertz CT molecular complexity index is 1390. The lowest BCUT2D eigenvalue weighted by atomic mass is 10.1. The van der Waals surface area contributed by atoms with E-state index in [9.17, 15) is 14.4 Å². The standard InChI is InChI=1S/C20H16ClN5O3S/c1-25-15-7-8-22-13(17(15)18(28)26(2)20(25)29)9-16(27)24-19-23-14(10-30-19)11-3-5-12(21)6-4-11/h3-8,10H,9H2,1-2H3,(H,23,24,27). The monoisotopic (exact) mass is 441 g/mol. The minimum Gasteiger partial charge on any atom is -0.302 e. The molecule has 1 aromatic carbocycles. The highest BCUT2D eigenvalue weighted by Gasteiger charge is 2.16. The van der Waals surface area contributed by atoms with Gasteiger partial charge in [0.05, 0.1) is 28.7 Å². The molecule has 0 aliphatic heterocycles. The van der Waals surface area contributed by atoms with Crippen LogP contribution in [0.2, 0.25) is 5.02 Å². The molecule has 0 saturated heterocycles. The van der Waals surface area contributed by atoms with Crippen molar-refractivity contribution >= 4 is 44.9 Å². The molecule has 0 unspecified atom stereocenters. The van der Waals surface area contributed by atoms with Crippen LogP contribution in [0.3, 0.4) is 0 Å². The van der Waals surface area contributed by atoms with Crippen molar-refractivity contribution in [3.8, 4) is 11.3 Å². The van der Waals surface area contributed by atoms with E-state index in [0.29, 0.717) is 21.4 Å². The number of aromatic nitrogens is 4. The van der Waals surface area contributed by atoms with Crippen LogP contribution in [0, 0.1) is 0 Å². The Hall–Kier alpha value is -3.30. The van der Waals surface area contributed by atoms with Crippen molar-refractivity contribution in [3.05, 3.63) is 73.5 Å². The fraction of sp³-hybridized carbons (Fsp3) is 0.150. The van der Waals surface area contributed by atoms with Crippen molar-refractivity contribution in [2.24, 2.45) is 14.1 Å². The van der Waals surface area contributed by atoms with Crippen LogP contribution in [0.4, 0.5) is 5.13 Å². The lowest BCUT2D eigenvalue weighted by Gasteiger charge is -2.10. The Labute approximate surface area is 179 Å². The summed E-state index contributed by atoms with van der Waals surface area (Å²) in [5.74, 6) is -0.358. The first-order chi connectivity index (χ1) is 14.3. The number of anilines is 1. The molecule has 0 aliphatic rings. The zero-order valence-electron chi connectivity index (χ0n) is 16.0. The Kier molecular flexibility index (Phi) is 5.23. The van der Waals surface area contributed by atoms with Crippen molar-refractivity contribution in [1.82, 2.24) is 19.1 Å². The van der Waals surface area contributed by atoms with E-state index in [-0.39, 0.29) is 17.7 Å². The predicted octanol–water partition coefficient (Wildman–Crippen LogP) is 2.59. The number of thiazole rings is 1. The SMILES string of the molecule is Cn1c(=O)c2c(CC(=O)Nc3nc(-c4ccc(Cl)cc4)cs3)nccc2n(C)c1=O. The van der Waals surface area contributed by atoms with E-state index in [1.807, 2.05) is 17.5 Å². The summed E-state index contributed by atoms with van der Waals surface area (Å²) in [4.78, 5) is 45.9. The van der Waals surface area contributed by atoms with Crippen LogP contribution in [0.15, 0.2) is 51.5 Å². The van der Waals surface area contributed by atoms with Gasteiger partial charge in [-0.15, -0.1) is 11.3 Å². The number of nitrogens with zero attached hydrogens (tertiary/aromatic N) is 4. The first-order valence-electron chi connectivity index (χ1n) is 8.90. The molecule has 1 amide bonds. The molecule has 0 radical (unpaired) electrons. The van der Waals surface area contributed by atoms with E-state index in [2.05, 4.69) is 15.3 Å². The first kappa shape index (κ1) is 20.0. The molecule has 0 fully saturated rings. The number of amides is 1. The van der Waals surface area contributed by atoms with Gasteiger partial charge in [-0.2, -0.15) is 0 Å². The fourth-order valence-electron chi connectivity index (χ4n) is 3.12. The van der Waals surface area contributed by atoms with Gasteiger partial charge in [-0.25, -0.2) is 9.78 Å². The number of carbonyl (C=O) groups excluding carboxylic acids is 1. The third kappa shape index (κ3) is 3.64. The molecule has 8 nitrogen and oxygen atoms in total. The minimum atomic E-state index is -0.483. The van der Waals surface area contributed by atoms with E-state index in [4.69, 9.17) is 11.6 Å². The highest BCUT2D eigenvalue weighted by Crippen LogP contribution is 2.26. The number of carbonyl (C=O) groups is 1.